The molecule has 0 aliphatic rings. The maximum Gasteiger partial charge on any atom is 0.234 e. The maximum absolute atomic E-state index is 12.7. The second-order valence-corrected chi connectivity index (χ2v) is 7.72. The van der Waals surface area contributed by atoms with Gasteiger partial charge in [0.2, 0.25) is 5.91 Å². The Hall–Kier alpha value is -3.82. The number of hydrogen-bond donors (Lipinski definition) is 1. The summed E-state index contributed by atoms with van der Waals surface area (Å²) in [4.78, 5) is 17.2. The van der Waals surface area contributed by atoms with Crippen molar-refractivity contribution in [3.05, 3.63) is 84.4 Å². The second-order valence-electron chi connectivity index (χ2n) is 6.76. The number of nitriles is 1. The highest BCUT2D eigenvalue weighted by atomic mass is 32.2. The fourth-order valence-corrected chi connectivity index (χ4v) is 4.00. The lowest BCUT2D eigenvalue weighted by Crippen LogP contribution is -2.15. The number of anilines is 1. The van der Waals surface area contributed by atoms with Crippen molar-refractivity contribution in [2.24, 2.45) is 0 Å². The quantitative estimate of drug-likeness (QED) is 0.412. The number of para-hydroxylation sites is 1. The lowest BCUT2D eigenvalue weighted by molar-refractivity contribution is -0.113. The fourth-order valence-electron chi connectivity index (χ4n) is 3.24. The average molecular weight is 426 g/mol. The van der Waals surface area contributed by atoms with Crippen LogP contribution in [0.3, 0.4) is 0 Å². The van der Waals surface area contributed by atoms with Gasteiger partial charge in [-0.15, -0.1) is 0 Å². The first-order chi connectivity index (χ1) is 15.2. The number of benzene rings is 3. The number of hydrogen-bond acceptors (Lipinski definition) is 5. The van der Waals surface area contributed by atoms with E-state index in [4.69, 9.17) is 4.74 Å². The molecule has 0 saturated carbocycles. The Morgan fingerprint density at radius 2 is 1.84 bits per heavy atom. The summed E-state index contributed by atoms with van der Waals surface area (Å²) < 4.78 is 5.23. The van der Waals surface area contributed by atoms with Crippen LogP contribution in [0.2, 0.25) is 0 Å². The number of carbonyl (C=O) groups excluding carboxylic acids is 1. The van der Waals surface area contributed by atoms with Gasteiger partial charge in [0.25, 0.3) is 0 Å². The Balaban J connectivity index is 1.51. The van der Waals surface area contributed by atoms with E-state index in [2.05, 4.69) is 16.4 Å². The Labute approximate surface area is 184 Å². The van der Waals surface area contributed by atoms with Crippen molar-refractivity contribution in [2.45, 2.75) is 5.03 Å². The summed E-state index contributed by atoms with van der Waals surface area (Å²) in [6.07, 6.45) is 0. The number of ether oxygens (including phenoxy) is 1. The van der Waals surface area contributed by atoms with E-state index in [9.17, 15) is 10.1 Å². The monoisotopic (exact) mass is 425 g/mol. The largest absolute Gasteiger partial charge is 0.497 e. The third-order valence-electron chi connectivity index (χ3n) is 4.73. The number of rotatable bonds is 6. The van der Waals surface area contributed by atoms with Gasteiger partial charge in [-0.2, -0.15) is 5.26 Å². The standard InChI is InChI=1S/C25H19N3O2S/c1-30-20-11-12-22-18(14-20)13-19(15-26)25(28-22)31-16-24(29)27-23-10-6-5-9-21(23)17-7-3-2-4-8-17/h2-14H,16H2,1H3,(H,27,29). The van der Waals surface area contributed by atoms with Crippen LogP contribution in [-0.4, -0.2) is 23.8 Å². The molecule has 0 fully saturated rings. The second kappa shape index (κ2) is 9.33. The minimum absolute atomic E-state index is 0.145. The molecule has 0 unspecified atom stereocenters. The van der Waals surface area contributed by atoms with Crippen molar-refractivity contribution in [1.82, 2.24) is 4.98 Å². The van der Waals surface area contributed by atoms with Gasteiger partial charge in [-0.1, -0.05) is 60.3 Å². The van der Waals surface area contributed by atoms with Crippen LogP contribution in [0.15, 0.2) is 83.9 Å². The molecule has 0 aliphatic heterocycles. The molecule has 3 aromatic carbocycles. The normalized spacial score (nSPS) is 10.5. The molecule has 31 heavy (non-hydrogen) atoms. The van der Waals surface area contributed by atoms with E-state index < -0.39 is 0 Å². The minimum atomic E-state index is -0.158. The van der Waals surface area contributed by atoms with Gasteiger partial charge in [-0.3, -0.25) is 4.79 Å². The van der Waals surface area contributed by atoms with Crippen LogP contribution in [0.1, 0.15) is 5.56 Å². The van der Waals surface area contributed by atoms with Crippen LogP contribution in [-0.2, 0) is 4.79 Å². The van der Waals surface area contributed by atoms with E-state index in [0.717, 1.165) is 27.7 Å². The van der Waals surface area contributed by atoms with Crippen molar-refractivity contribution in [2.75, 3.05) is 18.2 Å². The summed E-state index contributed by atoms with van der Waals surface area (Å²) in [5.74, 6) is 0.691. The molecule has 0 atom stereocenters. The Bertz CT molecular complexity index is 1280. The highest BCUT2D eigenvalue weighted by molar-refractivity contribution is 8.00. The summed E-state index contributed by atoms with van der Waals surface area (Å²) in [6, 6.07) is 27.1. The van der Waals surface area contributed by atoms with Gasteiger partial charge in [0.15, 0.2) is 0 Å². The zero-order valence-corrected chi connectivity index (χ0v) is 17.6. The molecule has 1 heterocycles. The molecule has 5 nitrogen and oxygen atoms in total. The molecule has 0 spiro atoms. The molecule has 6 heteroatoms. The van der Waals surface area contributed by atoms with E-state index >= 15 is 0 Å². The number of thioether (sulfide) groups is 1. The predicted octanol–water partition coefficient (Wildman–Crippen LogP) is 5.51. The van der Waals surface area contributed by atoms with Crippen molar-refractivity contribution >= 4 is 34.3 Å². The van der Waals surface area contributed by atoms with Crippen LogP contribution in [0.25, 0.3) is 22.0 Å². The van der Waals surface area contributed by atoms with Crippen molar-refractivity contribution < 1.29 is 9.53 Å². The van der Waals surface area contributed by atoms with Gasteiger partial charge in [-0.05, 0) is 35.9 Å². The number of nitrogens with one attached hydrogen (secondary N) is 1. The number of amides is 1. The zero-order chi connectivity index (χ0) is 21.6. The van der Waals surface area contributed by atoms with Crippen LogP contribution in [0, 0.1) is 11.3 Å². The Morgan fingerprint density at radius 1 is 1.06 bits per heavy atom. The fraction of sp³-hybridized carbons (Fsp3) is 0.0800. The third kappa shape index (κ3) is 4.68. The maximum atomic E-state index is 12.7. The number of nitrogens with zero attached hydrogens (tertiary/aromatic N) is 2. The van der Waals surface area contributed by atoms with Gasteiger partial charge >= 0.3 is 0 Å². The summed E-state index contributed by atoms with van der Waals surface area (Å²) in [5, 5.41) is 13.9. The molecule has 4 aromatic rings. The SMILES string of the molecule is COc1ccc2nc(SCC(=O)Nc3ccccc3-c3ccccc3)c(C#N)cc2c1. The Morgan fingerprint density at radius 3 is 2.61 bits per heavy atom. The highest BCUT2D eigenvalue weighted by Gasteiger charge is 2.13. The number of carbonyl (C=O) groups is 1. The van der Waals surface area contributed by atoms with Gasteiger partial charge in [0, 0.05) is 16.6 Å². The van der Waals surface area contributed by atoms with Crippen LogP contribution >= 0.6 is 11.8 Å². The number of methoxy groups -OCH3 is 1. The van der Waals surface area contributed by atoms with E-state index in [-0.39, 0.29) is 11.7 Å². The summed E-state index contributed by atoms with van der Waals surface area (Å²) in [7, 11) is 1.60. The number of aromatic nitrogens is 1. The van der Waals surface area contributed by atoms with Crippen molar-refractivity contribution in [3.8, 4) is 22.9 Å². The van der Waals surface area contributed by atoms with Crippen molar-refractivity contribution in [1.29, 1.82) is 5.26 Å². The van der Waals surface area contributed by atoms with E-state index in [1.807, 2.05) is 72.8 Å². The van der Waals surface area contributed by atoms with E-state index in [0.29, 0.717) is 16.3 Å². The van der Waals surface area contributed by atoms with Gasteiger partial charge in [0.1, 0.15) is 16.8 Å². The third-order valence-corrected chi connectivity index (χ3v) is 5.72. The number of pyridine rings is 1. The first-order valence-corrected chi connectivity index (χ1v) is 10.6. The molecule has 1 N–H and O–H groups in total. The molecule has 152 valence electrons. The highest BCUT2D eigenvalue weighted by Crippen LogP contribution is 2.29. The molecule has 0 radical (unpaired) electrons. The first kappa shape index (κ1) is 20.5. The molecule has 1 aromatic heterocycles. The average Bonchev–Trinajstić information content (AvgIpc) is 2.82. The molecule has 4 rings (SSSR count). The molecule has 0 saturated heterocycles. The van der Waals surface area contributed by atoms with Crippen LogP contribution in [0.4, 0.5) is 5.69 Å². The van der Waals surface area contributed by atoms with Crippen molar-refractivity contribution in [3.63, 3.8) is 0 Å². The molecule has 1 amide bonds. The summed E-state index contributed by atoms with van der Waals surface area (Å²) in [6.45, 7) is 0. The minimum Gasteiger partial charge on any atom is -0.497 e. The van der Waals surface area contributed by atoms with E-state index in [1.165, 1.54) is 11.8 Å². The molecular formula is C25H19N3O2S. The summed E-state index contributed by atoms with van der Waals surface area (Å²) in [5.41, 5.74) is 3.92. The molecule has 0 aliphatic carbocycles. The first-order valence-electron chi connectivity index (χ1n) is 9.64. The number of fused-ring (bicyclic) bond motifs is 1. The predicted molar refractivity (Wildman–Crippen MR) is 124 cm³/mol. The molecular weight excluding hydrogens is 406 g/mol. The van der Waals surface area contributed by atoms with Gasteiger partial charge < -0.3 is 10.1 Å². The lowest BCUT2D eigenvalue weighted by atomic mass is 10.0. The Kier molecular flexibility index (Phi) is 6.16. The molecule has 0 bridgehead atoms. The lowest BCUT2D eigenvalue weighted by Gasteiger charge is -2.11. The zero-order valence-electron chi connectivity index (χ0n) is 16.8. The van der Waals surface area contributed by atoms with Crippen LogP contribution < -0.4 is 10.1 Å². The van der Waals surface area contributed by atoms with Gasteiger partial charge in [-0.25, -0.2) is 4.98 Å². The van der Waals surface area contributed by atoms with E-state index in [1.54, 1.807) is 13.2 Å². The topological polar surface area (TPSA) is 75.0 Å². The smallest absolute Gasteiger partial charge is 0.234 e. The van der Waals surface area contributed by atoms with Crippen LogP contribution in [0.5, 0.6) is 5.75 Å². The summed E-state index contributed by atoms with van der Waals surface area (Å²) >= 11 is 1.25. The van der Waals surface area contributed by atoms with Gasteiger partial charge in [0.05, 0.1) is 23.9 Å².